The summed E-state index contributed by atoms with van der Waals surface area (Å²) in [6.07, 6.45) is 7.72. The van der Waals surface area contributed by atoms with Crippen LogP contribution in [0.5, 0.6) is 11.5 Å². The maximum atomic E-state index is 6.01. The molecule has 92 valence electrons. The summed E-state index contributed by atoms with van der Waals surface area (Å²) in [5, 5.41) is 0. The van der Waals surface area contributed by atoms with Crippen LogP contribution in [0.15, 0.2) is 73.0 Å². The number of para-hydroxylation sites is 2. The fraction of sp³-hybridized carbons (Fsp3) is 0.0588. The molecule has 2 aromatic rings. The molecule has 2 nitrogen and oxygen atoms in total. The summed E-state index contributed by atoms with van der Waals surface area (Å²) in [6, 6.07) is 16.0. The molecule has 0 unspecified atom stereocenters. The van der Waals surface area contributed by atoms with Gasteiger partial charge in [0.05, 0.1) is 6.26 Å². The van der Waals surface area contributed by atoms with Crippen molar-refractivity contribution in [1.82, 2.24) is 0 Å². The van der Waals surface area contributed by atoms with Gasteiger partial charge in [-0.3, -0.25) is 0 Å². The van der Waals surface area contributed by atoms with E-state index >= 15 is 0 Å². The molecule has 1 spiro atoms. The molecule has 0 atom stereocenters. The van der Waals surface area contributed by atoms with Crippen LogP contribution >= 0.6 is 0 Å². The molecule has 0 saturated carbocycles. The van der Waals surface area contributed by atoms with Gasteiger partial charge in [0.1, 0.15) is 11.5 Å². The van der Waals surface area contributed by atoms with Crippen LogP contribution in [-0.2, 0) is 10.3 Å². The summed E-state index contributed by atoms with van der Waals surface area (Å²) in [4.78, 5) is 0. The van der Waals surface area contributed by atoms with E-state index in [0.29, 0.717) is 0 Å². The zero-order valence-corrected chi connectivity index (χ0v) is 10.2. The number of hydrogen-bond donors (Lipinski definition) is 0. The molecule has 0 bridgehead atoms. The van der Waals surface area contributed by atoms with Crippen molar-refractivity contribution in [3.8, 4) is 11.5 Å². The normalized spacial score (nSPS) is 17.3. The van der Waals surface area contributed by atoms with Gasteiger partial charge < -0.3 is 9.47 Å². The van der Waals surface area contributed by atoms with Crippen molar-refractivity contribution in [2.24, 2.45) is 0 Å². The van der Waals surface area contributed by atoms with E-state index in [4.69, 9.17) is 9.47 Å². The first-order valence-electron chi connectivity index (χ1n) is 6.29. The van der Waals surface area contributed by atoms with E-state index in [-0.39, 0.29) is 0 Å². The summed E-state index contributed by atoms with van der Waals surface area (Å²) in [7, 11) is 0. The predicted octanol–water partition coefficient (Wildman–Crippen LogP) is 4.14. The Morgan fingerprint density at radius 1 is 0.737 bits per heavy atom. The minimum Gasteiger partial charge on any atom is -0.481 e. The van der Waals surface area contributed by atoms with Crippen LogP contribution in [0.2, 0.25) is 0 Å². The molecule has 0 fully saturated rings. The zero-order valence-electron chi connectivity index (χ0n) is 10.2. The minimum absolute atomic E-state index is 0.569. The molecule has 2 heterocycles. The Labute approximate surface area is 111 Å². The molecule has 0 amide bonds. The third-order valence-electron chi connectivity index (χ3n) is 3.57. The number of rotatable bonds is 0. The Kier molecular flexibility index (Phi) is 2.06. The highest BCUT2D eigenvalue weighted by molar-refractivity contribution is 5.59. The predicted molar refractivity (Wildman–Crippen MR) is 73.1 cm³/mol. The van der Waals surface area contributed by atoms with E-state index in [2.05, 4.69) is 18.2 Å². The second-order valence-electron chi connectivity index (χ2n) is 4.64. The van der Waals surface area contributed by atoms with Gasteiger partial charge in [-0.15, -0.1) is 0 Å². The summed E-state index contributed by atoms with van der Waals surface area (Å²) in [6.45, 7) is 0. The van der Waals surface area contributed by atoms with Crippen molar-refractivity contribution in [2.75, 3.05) is 0 Å². The Bertz CT molecular complexity index is 652. The molecule has 2 aromatic carbocycles. The number of hydrogen-bond acceptors (Lipinski definition) is 2. The molecule has 0 aromatic heterocycles. The van der Waals surface area contributed by atoms with Gasteiger partial charge in [-0.25, -0.2) is 0 Å². The van der Waals surface area contributed by atoms with Gasteiger partial charge in [0.2, 0.25) is 0 Å². The van der Waals surface area contributed by atoms with Gasteiger partial charge in [0.25, 0.3) is 0 Å². The van der Waals surface area contributed by atoms with Crippen molar-refractivity contribution in [2.45, 2.75) is 5.60 Å². The smallest absolute Gasteiger partial charge is 0.184 e. The highest BCUT2D eigenvalue weighted by Crippen LogP contribution is 2.50. The Balaban J connectivity index is 2.04. The van der Waals surface area contributed by atoms with Crippen LogP contribution in [0.3, 0.4) is 0 Å². The number of fused-ring (bicyclic) bond motifs is 4. The van der Waals surface area contributed by atoms with Crippen LogP contribution in [0.1, 0.15) is 11.1 Å². The van der Waals surface area contributed by atoms with Crippen LogP contribution < -0.4 is 4.74 Å². The molecule has 4 rings (SSSR count). The average molecular weight is 248 g/mol. The Morgan fingerprint density at radius 2 is 1.37 bits per heavy atom. The molecular formula is C17H12O2. The van der Waals surface area contributed by atoms with Gasteiger partial charge in [-0.2, -0.15) is 0 Å². The molecule has 0 aliphatic carbocycles. The summed E-state index contributed by atoms with van der Waals surface area (Å²) < 4.78 is 12.0. The summed E-state index contributed by atoms with van der Waals surface area (Å²) in [5.41, 5.74) is 1.50. The lowest BCUT2D eigenvalue weighted by atomic mass is 9.82. The highest BCUT2D eigenvalue weighted by Gasteiger charge is 2.42. The van der Waals surface area contributed by atoms with Crippen LogP contribution in [0, 0.1) is 0 Å². The SMILES string of the molecule is C1=COC2(C=C1)c1ccccc1Oc1ccccc12. The van der Waals surface area contributed by atoms with Crippen LogP contribution in [-0.4, -0.2) is 0 Å². The third-order valence-corrected chi connectivity index (χ3v) is 3.57. The lowest BCUT2D eigenvalue weighted by Gasteiger charge is -2.38. The van der Waals surface area contributed by atoms with E-state index in [0.717, 1.165) is 22.6 Å². The van der Waals surface area contributed by atoms with E-state index < -0.39 is 5.60 Å². The maximum Gasteiger partial charge on any atom is 0.184 e. The maximum absolute atomic E-state index is 6.01. The van der Waals surface area contributed by atoms with Crippen molar-refractivity contribution in [3.63, 3.8) is 0 Å². The van der Waals surface area contributed by atoms with Crippen LogP contribution in [0.25, 0.3) is 0 Å². The molecule has 19 heavy (non-hydrogen) atoms. The standard InChI is InChI=1S/C17H12O2/c1-3-9-15-13(7-1)17(11-5-6-12-18-17)14-8-2-4-10-16(14)19-15/h1-12H. The van der Waals surface area contributed by atoms with Gasteiger partial charge in [-0.05, 0) is 24.3 Å². The molecule has 2 heteroatoms. The lowest BCUT2D eigenvalue weighted by molar-refractivity contribution is 0.0915. The van der Waals surface area contributed by atoms with E-state index in [1.54, 1.807) is 6.26 Å². The minimum atomic E-state index is -0.569. The van der Waals surface area contributed by atoms with Crippen molar-refractivity contribution in [3.05, 3.63) is 84.1 Å². The number of ether oxygens (including phenoxy) is 2. The van der Waals surface area contributed by atoms with E-state index in [1.807, 2.05) is 48.6 Å². The Hall–Kier alpha value is -2.48. The molecular weight excluding hydrogens is 236 g/mol. The van der Waals surface area contributed by atoms with Crippen molar-refractivity contribution in [1.29, 1.82) is 0 Å². The van der Waals surface area contributed by atoms with E-state index in [9.17, 15) is 0 Å². The largest absolute Gasteiger partial charge is 0.481 e. The zero-order chi connectivity index (χ0) is 12.7. The highest BCUT2D eigenvalue weighted by atomic mass is 16.5. The first-order chi connectivity index (χ1) is 9.40. The monoisotopic (exact) mass is 248 g/mol. The average Bonchev–Trinajstić information content (AvgIpc) is 2.49. The van der Waals surface area contributed by atoms with Gasteiger partial charge in [0.15, 0.2) is 5.60 Å². The summed E-state index contributed by atoms with van der Waals surface area (Å²) >= 11 is 0. The lowest BCUT2D eigenvalue weighted by Crippen LogP contribution is -2.31. The fourth-order valence-corrected chi connectivity index (χ4v) is 2.72. The topological polar surface area (TPSA) is 18.5 Å². The second-order valence-corrected chi connectivity index (χ2v) is 4.64. The molecule has 2 aliphatic heterocycles. The van der Waals surface area contributed by atoms with Crippen molar-refractivity contribution >= 4 is 0 Å². The Morgan fingerprint density at radius 3 is 1.95 bits per heavy atom. The molecule has 0 N–H and O–H groups in total. The summed E-state index contributed by atoms with van der Waals surface area (Å²) in [5.74, 6) is 1.70. The fourth-order valence-electron chi connectivity index (χ4n) is 2.72. The van der Waals surface area contributed by atoms with Crippen molar-refractivity contribution < 1.29 is 9.47 Å². The number of benzene rings is 2. The van der Waals surface area contributed by atoms with Gasteiger partial charge in [0, 0.05) is 11.1 Å². The van der Waals surface area contributed by atoms with Crippen LogP contribution in [0.4, 0.5) is 0 Å². The third kappa shape index (κ3) is 1.37. The number of allylic oxidation sites excluding steroid dienone is 2. The molecule has 2 aliphatic rings. The van der Waals surface area contributed by atoms with E-state index in [1.165, 1.54) is 0 Å². The van der Waals surface area contributed by atoms with Gasteiger partial charge >= 0.3 is 0 Å². The van der Waals surface area contributed by atoms with Gasteiger partial charge in [-0.1, -0.05) is 42.5 Å². The first kappa shape index (κ1) is 10.4. The quantitative estimate of drug-likeness (QED) is 0.697. The molecule has 0 saturated heterocycles. The molecule has 0 radical (unpaired) electrons. The first-order valence-corrected chi connectivity index (χ1v) is 6.29. The second kappa shape index (κ2) is 3.75.